The van der Waals surface area contributed by atoms with Gasteiger partial charge in [0.15, 0.2) is 5.82 Å². The number of ether oxygens (including phenoxy) is 1. The molecule has 8 heteroatoms. The van der Waals surface area contributed by atoms with Crippen LogP contribution in [-0.4, -0.2) is 73.0 Å². The summed E-state index contributed by atoms with van der Waals surface area (Å²) in [7, 11) is 0. The molecule has 0 unspecified atom stereocenters. The SMILES string of the molecule is NCCC1(CN[C@@H]2C[C@H]2c2ccc(OCC3(CN4CCC(c5nc(C6(CN[C@@H]7C[C@H]7c7ccccc7)CC6)no5)CC4)CCC3)cc2)CC1. The molecule has 49 heavy (non-hydrogen) atoms. The molecular weight excluding hydrogens is 608 g/mol. The van der Waals surface area contributed by atoms with Gasteiger partial charge in [0, 0.05) is 60.3 Å². The smallest absolute Gasteiger partial charge is 0.229 e. The Morgan fingerprint density at radius 3 is 2.14 bits per heavy atom. The highest BCUT2D eigenvalue weighted by Crippen LogP contribution is 2.50. The summed E-state index contributed by atoms with van der Waals surface area (Å²) < 4.78 is 12.4. The van der Waals surface area contributed by atoms with Gasteiger partial charge in [-0.3, -0.25) is 0 Å². The summed E-state index contributed by atoms with van der Waals surface area (Å²) >= 11 is 0. The number of nitrogens with zero attached hydrogens (tertiary/aromatic N) is 3. The molecule has 0 bridgehead atoms. The van der Waals surface area contributed by atoms with Gasteiger partial charge < -0.3 is 30.5 Å². The van der Waals surface area contributed by atoms with E-state index in [1.807, 2.05) is 0 Å². The normalized spacial score (nSPS) is 29.2. The third-order valence-electron chi connectivity index (χ3n) is 13.4. The van der Waals surface area contributed by atoms with Crippen LogP contribution in [0.3, 0.4) is 0 Å². The average Bonchev–Trinajstić information content (AvgIpc) is 3.96. The van der Waals surface area contributed by atoms with Gasteiger partial charge in [0.1, 0.15) is 5.75 Å². The molecule has 4 N–H and O–H groups in total. The van der Waals surface area contributed by atoms with Crippen molar-refractivity contribution in [2.75, 3.05) is 45.9 Å². The molecule has 2 aromatic carbocycles. The van der Waals surface area contributed by atoms with Crippen LogP contribution in [0.2, 0.25) is 0 Å². The Balaban J connectivity index is 0.711. The molecule has 5 aliphatic carbocycles. The maximum Gasteiger partial charge on any atom is 0.229 e. The van der Waals surface area contributed by atoms with Crippen LogP contribution in [0.5, 0.6) is 5.75 Å². The number of aromatic nitrogens is 2. The van der Waals surface area contributed by atoms with Gasteiger partial charge >= 0.3 is 0 Å². The number of hydrogen-bond acceptors (Lipinski definition) is 8. The molecule has 1 saturated heterocycles. The fourth-order valence-electron chi connectivity index (χ4n) is 9.08. The lowest BCUT2D eigenvalue weighted by Gasteiger charge is -2.46. The number of hydrogen-bond donors (Lipinski definition) is 3. The molecule has 262 valence electrons. The Morgan fingerprint density at radius 1 is 0.816 bits per heavy atom. The van der Waals surface area contributed by atoms with Gasteiger partial charge in [-0.1, -0.05) is 54.0 Å². The largest absolute Gasteiger partial charge is 0.493 e. The highest BCUT2D eigenvalue weighted by atomic mass is 16.5. The van der Waals surface area contributed by atoms with E-state index in [0.717, 1.165) is 89.0 Å². The fourth-order valence-corrected chi connectivity index (χ4v) is 9.08. The fraction of sp³-hybridized carbons (Fsp3) is 0.659. The zero-order valence-electron chi connectivity index (χ0n) is 29.3. The van der Waals surface area contributed by atoms with Crippen molar-refractivity contribution in [1.29, 1.82) is 0 Å². The van der Waals surface area contributed by atoms with E-state index in [9.17, 15) is 0 Å². The van der Waals surface area contributed by atoms with Crippen molar-refractivity contribution in [3.05, 3.63) is 77.4 Å². The lowest BCUT2D eigenvalue weighted by Crippen LogP contribution is -2.48. The van der Waals surface area contributed by atoms with Crippen LogP contribution >= 0.6 is 0 Å². The first kappa shape index (κ1) is 32.1. The van der Waals surface area contributed by atoms with Crippen molar-refractivity contribution < 1.29 is 9.26 Å². The molecular formula is C41H56N6O2. The van der Waals surface area contributed by atoms with Crippen molar-refractivity contribution >= 4 is 0 Å². The van der Waals surface area contributed by atoms with E-state index in [1.165, 1.54) is 62.5 Å². The first-order chi connectivity index (χ1) is 24.0. The van der Waals surface area contributed by atoms with Crippen molar-refractivity contribution in [3.8, 4) is 5.75 Å². The summed E-state index contributed by atoms with van der Waals surface area (Å²) in [5.74, 6) is 4.49. The molecule has 0 amide bonds. The Labute approximate surface area is 292 Å². The summed E-state index contributed by atoms with van der Waals surface area (Å²) in [5.41, 5.74) is 9.60. The second-order valence-electron chi connectivity index (χ2n) is 17.1. The number of nitrogens with two attached hydrogens (primary N) is 1. The zero-order chi connectivity index (χ0) is 32.9. The molecule has 1 aromatic heterocycles. The number of rotatable bonds is 17. The van der Waals surface area contributed by atoms with E-state index in [4.69, 9.17) is 20.0 Å². The van der Waals surface area contributed by atoms with Crippen LogP contribution in [0, 0.1) is 10.8 Å². The molecule has 5 saturated carbocycles. The van der Waals surface area contributed by atoms with E-state index in [2.05, 4.69) is 75.3 Å². The number of nitrogens with one attached hydrogen (secondary N) is 2. The van der Waals surface area contributed by atoms with E-state index in [-0.39, 0.29) is 10.8 Å². The van der Waals surface area contributed by atoms with Gasteiger partial charge in [0.25, 0.3) is 0 Å². The molecule has 0 spiro atoms. The van der Waals surface area contributed by atoms with Crippen LogP contribution in [0.25, 0.3) is 0 Å². The molecule has 2 heterocycles. The second kappa shape index (κ2) is 13.1. The maximum absolute atomic E-state index is 6.47. The van der Waals surface area contributed by atoms with Crippen molar-refractivity contribution in [1.82, 2.24) is 25.7 Å². The van der Waals surface area contributed by atoms with Crippen molar-refractivity contribution in [2.24, 2.45) is 16.6 Å². The van der Waals surface area contributed by atoms with Gasteiger partial charge in [0.05, 0.1) is 6.61 Å². The highest BCUT2D eigenvalue weighted by molar-refractivity contribution is 5.34. The number of likely N-dealkylation sites (tertiary alicyclic amines) is 1. The molecule has 8 nitrogen and oxygen atoms in total. The van der Waals surface area contributed by atoms with Crippen LogP contribution < -0.4 is 21.1 Å². The van der Waals surface area contributed by atoms with Gasteiger partial charge in [-0.05, 0) is 119 Å². The van der Waals surface area contributed by atoms with E-state index >= 15 is 0 Å². The van der Waals surface area contributed by atoms with Gasteiger partial charge in [-0.2, -0.15) is 4.98 Å². The Morgan fingerprint density at radius 2 is 1.51 bits per heavy atom. The minimum absolute atomic E-state index is 0.0741. The van der Waals surface area contributed by atoms with Gasteiger partial charge in [-0.25, -0.2) is 0 Å². The third-order valence-corrected chi connectivity index (χ3v) is 13.4. The summed E-state index contributed by atoms with van der Waals surface area (Å²) in [6.45, 7) is 7.06. The van der Waals surface area contributed by atoms with Crippen LogP contribution in [0.1, 0.15) is 118 Å². The molecule has 9 rings (SSSR count). The highest BCUT2D eigenvalue weighted by Gasteiger charge is 2.51. The van der Waals surface area contributed by atoms with E-state index in [0.29, 0.717) is 35.3 Å². The maximum atomic E-state index is 6.47. The Hall–Kier alpha value is -2.78. The molecule has 0 radical (unpaired) electrons. The molecule has 3 aromatic rings. The first-order valence-electron chi connectivity index (χ1n) is 19.5. The van der Waals surface area contributed by atoms with Crippen LogP contribution in [-0.2, 0) is 5.41 Å². The molecule has 6 fully saturated rings. The minimum Gasteiger partial charge on any atom is -0.493 e. The lowest BCUT2D eigenvalue weighted by molar-refractivity contribution is 0.00974. The summed E-state index contributed by atoms with van der Waals surface area (Å²) in [6, 6.07) is 21.1. The summed E-state index contributed by atoms with van der Waals surface area (Å²) in [6.07, 6.45) is 14.7. The van der Waals surface area contributed by atoms with Crippen molar-refractivity contribution in [3.63, 3.8) is 0 Å². The molecule has 4 atom stereocenters. The monoisotopic (exact) mass is 664 g/mol. The standard InChI is InChI=1S/C41H56N6O2/c42-20-19-39(15-16-39)25-43-35-24-34(35)30-7-9-32(10-8-30)48-28-40(13-4-14-40)27-47-21-11-31(12-22-47)37-45-38(46-49-37)41(17-18-41)26-44-36-23-33(36)29-5-2-1-3-6-29/h1-3,5-10,31,33-36,43-44H,4,11-28,42H2/t33-,34-,35+,36+/m0/s1. The van der Waals surface area contributed by atoms with E-state index in [1.54, 1.807) is 0 Å². The Kier molecular flexibility index (Phi) is 8.58. The third kappa shape index (κ3) is 7.08. The summed E-state index contributed by atoms with van der Waals surface area (Å²) in [5, 5.41) is 12.2. The topological polar surface area (TPSA) is 101 Å². The predicted molar refractivity (Wildman–Crippen MR) is 192 cm³/mol. The van der Waals surface area contributed by atoms with Crippen LogP contribution in [0.4, 0.5) is 0 Å². The average molecular weight is 665 g/mol. The van der Waals surface area contributed by atoms with Gasteiger partial charge in [-0.15, -0.1) is 0 Å². The second-order valence-corrected chi connectivity index (χ2v) is 17.1. The molecule has 1 aliphatic heterocycles. The quantitative estimate of drug-likeness (QED) is 0.156. The minimum atomic E-state index is 0.0741. The predicted octanol–water partition coefficient (Wildman–Crippen LogP) is 6.25. The number of piperidine rings is 1. The molecule has 6 aliphatic rings. The first-order valence-corrected chi connectivity index (χ1v) is 19.5. The lowest BCUT2D eigenvalue weighted by atomic mass is 9.68. The van der Waals surface area contributed by atoms with Crippen molar-refractivity contribution in [2.45, 2.75) is 112 Å². The van der Waals surface area contributed by atoms with Gasteiger partial charge in [0.2, 0.25) is 5.89 Å². The zero-order valence-corrected chi connectivity index (χ0v) is 29.3. The number of benzene rings is 2. The van der Waals surface area contributed by atoms with Crippen LogP contribution in [0.15, 0.2) is 59.1 Å². The van der Waals surface area contributed by atoms with E-state index < -0.39 is 0 Å². The Bertz CT molecular complexity index is 1550. The summed E-state index contributed by atoms with van der Waals surface area (Å²) in [4.78, 5) is 7.69.